The van der Waals surface area contributed by atoms with E-state index in [0.717, 1.165) is 21.5 Å². The molecule has 0 aliphatic heterocycles. The maximum atomic E-state index is 12.6. The first kappa shape index (κ1) is 18.7. The van der Waals surface area contributed by atoms with E-state index in [4.69, 9.17) is 10.6 Å². The average molecular weight is 386 g/mol. The van der Waals surface area contributed by atoms with Crippen LogP contribution in [0.4, 0.5) is 0 Å². The number of nitrogens with zero attached hydrogens (tertiary/aromatic N) is 2. The van der Waals surface area contributed by atoms with E-state index in [2.05, 4.69) is 4.98 Å². The molecule has 0 fully saturated rings. The Bertz CT molecular complexity index is 1040. The summed E-state index contributed by atoms with van der Waals surface area (Å²) in [6.45, 7) is 1.67. The van der Waals surface area contributed by atoms with Gasteiger partial charge in [0.05, 0.1) is 18.3 Å². The van der Waals surface area contributed by atoms with Crippen molar-refractivity contribution in [3.05, 3.63) is 63.0 Å². The van der Waals surface area contributed by atoms with Gasteiger partial charge in [0.1, 0.15) is 16.3 Å². The minimum Gasteiger partial charge on any atom is -0.461 e. The molecule has 0 spiro atoms. The van der Waals surface area contributed by atoms with E-state index in [1.807, 2.05) is 35.8 Å². The maximum absolute atomic E-state index is 12.6. The third-order valence-corrected chi connectivity index (χ3v) is 5.22. The highest BCUT2D eigenvalue weighted by atomic mass is 32.1. The van der Waals surface area contributed by atoms with Crippen LogP contribution in [0.2, 0.25) is 0 Å². The molecular weight excluding hydrogens is 368 g/mol. The number of benzene rings is 1. The number of ether oxygens (including phenoxy) is 1. The second kappa shape index (κ2) is 8.11. The van der Waals surface area contributed by atoms with Crippen LogP contribution in [0.1, 0.15) is 20.8 Å². The Morgan fingerprint density at radius 3 is 2.74 bits per heavy atom. The standard InChI is InChI=1S/C18H18N4O4S/c1-11-14-16(20-10-22(17(14)24)9-13(23)21-19)27-15(11)18(25)26-8-7-12-5-3-2-4-6-12/h2-6,10H,7-9,19H2,1H3,(H,21,23). The van der Waals surface area contributed by atoms with Crippen LogP contribution in [0.15, 0.2) is 41.5 Å². The number of hydrogen-bond acceptors (Lipinski definition) is 7. The monoisotopic (exact) mass is 386 g/mol. The van der Waals surface area contributed by atoms with E-state index in [0.29, 0.717) is 27.1 Å². The lowest BCUT2D eigenvalue weighted by atomic mass is 10.2. The normalized spacial score (nSPS) is 10.7. The average Bonchev–Trinajstić information content (AvgIpc) is 3.02. The van der Waals surface area contributed by atoms with E-state index in [9.17, 15) is 14.4 Å². The van der Waals surface area contributed by atoms with Crippen LogP contribution in [0, 0.1) is 6.92 Å². The Labute approximate surface area is 158 Å². The fraction of sp³-hybridized carbons (Fsp3) is 0.222. The van der Waals surface area contributed by atoms with Gasteiger partial charge < -0.3 is 4.74 Å². The molecule has 3 rings (SSSR count). The summed E-state index contributed by atoms with van der Waals surface area (Å²) >= 11 is 1.10. The second-order valence-corrected chi connectivity index (χ2v) is 6.85. The van der Waals surface area contributed by atoms with Crippen molar-refractivity contribution in [2.75, 3.05) is 6.61 Å². The van der Waals surface area contributed by atoms with Crippen LogP contribution in [0.25, 0.3) is 10.2 Å². The van der Waals surface area contributed by atoms with Crippen molar-refractivity contribution >= 4 is 33.4 Å². The predicted octanol–water partition coefficient (Wildman–Crippen LogP) is 1.16. The number of aromatic nitrogens is 2. The molecule has 0 saturated carbocycles. The number of carbonyl (C=O) groups excluding carboxylic acids is 2. The molecule has 27 heavy (non-hydrogen) atoms. The minimum atomic E-state index is -0.522. The summed E-state index contributed by atoms with van der Waals surface area (Å²) in [4.78, 5) is 41.4. The number of carbonyl (C=O) groups is 2. The van der Waals surface area contributed by atoms with Gasteiger partial charge in [0.2, 0.25) is 0 Å². The zero-order valence-corrected chi connectivity index (χ0v) is 15.4. The molecule has 0 radical (unpaired) electrons. The minimum absolute atomic E-state index is 0.241. The number of amides is 1. The second-order valence-electron chi connectivity index (χ2n) is 5.85. The number of thiophene rings is 1. The number of esters is 1. The third kappa shape index (κ3) is 4.04. The van der Waals surface area contributed by atoms with Crippen molar-refractivity contribution in [1.82, 2.24) is 15.0 Å². The Kier molecular flexibility index (Phi) is 5.63. The molecule has 0 aliphatic rings. The summed E-state index contributed by atoms with van der Waals surface area (Å²) in [5.41, 5.74) is 3.13. The van der Waals surface area contributed by atoms with Crippen LogP contribution in [0.5, 0.6) is 0 Å². The van der Waals surface area contributed by atoms with Crippen molar-refractivity contribution in [2.45, 2.75) is 19.9 Å². The highest BCUT2D eigenvalue weighted by Crippen LogP contribution is 2.27. The molecule has 0 aliphatic carbocycles. The molecule has 2 aromatic heterocycles. The number of hydrazine groups is 1. The quantitative estimate of drug-likeness (QED) is 0.284. The SMILES string of the molecule is Cc1c(C(=O)OCCc2ccccc2)sc2ncn(CC(=O)NN)c(=O)c12. The van der Waals surface area contributed by atoms with Crippen molar-refractivity contribution in [2.24, 2.45) is 5.84 Å². The summed E-state index contributed by atoms with van der Waals surface area (Å²) in [5, 5.41) is 0.308. The molecule has 3 N–H and O–H groups in total. The maximum Gasteiger partial charge on any atom is 0.348 e. The van der Waals surface area contributed by atoms with Gasteiger partial charge in [0, 0.05) is 6.42 Å². The van der Waals surface area contributed by atoms with E-state index in [1.165, 1.54) is 6.33 Å². The smallest absolute Gasteiger partial charge is 0.348 e. The Morgan fingerprint density at radius 2 is 2.04 bits per heavy atom. The summed E-state index contributed by atoms with van der Waals surface area (Å²) < 4.78 is 6.50. The van der Waals surface area contributed by atoms with Gasteiger partial charge in [-0.3, -0.25) is 19.6 Å². The number of nitrogens with one attached hydrogen (secondary N) is 1. The number of aryl methyl sites for hydroxylation is 1. The van der Waals surface area contributed by atoms with Gasteiger partial charge in [-0.05, 0) is 18.1 Å². The van der Waals surface area contributed by atoms with Gasteiger partial charge in [-0.15, -0.1) is 11.3 Å². The molecule has 0 unspecified atom stereocenters. The van der Waals surface area contributed by atoms with E-state index >= 15 is 0 Å². The molecule has 1 aromatic carbocycles. The Balaban J connectivity index is 1.79. The molecule has 8 nitrogen and oxygen atoms in total. The van der Waals surface area contributed by atoms with Crippen LogP contribution in [-0.2, 0) is 22.5 Å². The first-order chi connectivity index (χ1) is 13.0. The van der Waals surface area contributed by atoms with Gasteiger partial charge in [0.15, 0.2) is 0 Å². The lowest BCUT2D eigenvalue weighted by Crippen LogP contribution is -2.36. The molecule has 9 heteroatoms. The highest BCUT2D eigenvalue weighted by molar-refractivity contribution is 7.20. The first-order valence-electron chi connectivity index (χ1n) is 8.20. The van der Waals surface area contributed by atoms with Gasteiger partial charge in [-0.2, -0.15) is 0 Å². The molecule has 1 amide bonds. The van der Waals surface area contributed by atoms with Crippen molar-refractivity contribution in [1.29, 1.82) is 0 Å². The molecular formula is C18H18N4O4S. The molecule has 0 saturated heterocycles. The summed E-state index contributed by atoms with van der Waals surface area (Å²) in [6.07, 6.45) is 1.87. The third-order valence-electron chi connectivity index (χ3n) is 4.04. The zero-order chi connectivity index (χ0) is 19.4. The molecule has 3 aromatic rings. The van der Waals surface area contributed by atoms with Crippen molar-refractivity contribution < 1.29 is 14.3 Å². The van der Waals surface area contributed by atoms with Crippen LogP contribution < -0.4 is 16.8 Å². The summed E-state index contributed by atoms with van der Waals surface area (Å²) in [5.74, 6) is 4.04. The largest absolute Gasteiger partial charge is 0.461 e. The number of nitrogens with two attached hydrogens (primary N) is 1. The van der Waals surface area contributed by atoms with E-state index < -0.39 is 17.4 Å². The number of hydrogen-bond donors (Lipinski definition) is 2. The molecule has 0 atom stereocenters. The molecule has 0 bridgehead atoms. The van der Waals surface area contributed by atoms with Crippen molar-refractivity contribution in [3.8, 4) is 0 Å². The van der Waals surface area contributed by atoms with Gasteiger partial charge in [0.25, 0.3) is 11.5 Å². The number of rotatable bonds is 6. The topological polar surface area (TPSA) is 116 Å². The van der Waals surface area contributed by atoms with Crippen LogP contribution in [-0.4, -0.2) is 28.0 Å². The van der Waals surface area contributed by atoms with Gasteiger partial charge in [-0.1, -0.05) is 30.3 Å². The fourth-order valence-corrected chi connectivity index (χ4v) is 3.67. The fourth-order valence-electron chi connectivity index (χ4n) is 2.64. The number of fused-ring (bicyclic) bond motifs is 1. The zero-order valence-electron chi connectivity index (χ0n) is 14.6. The Hall–Kier alpha value is -3.04. The first-order valence-corrected chi connectivity index (χ1v) is 9.02. The summed E-state index contributed by atoms with van der Waals surface area (Å²) in [6, 6.07) is 9.70. The van der Waals surface area contributed by atoms with Crippen LogP contribution in [0.3, 0.4) is 0 Å². The van der Waals surface area contributed by atoms with Gasteiger partial charge >= 0.3 is 5.97 Å². The van der Waals surface area contributed by atoms with E-state index in [1.54, 1.807) is 6.92 Å². The summed E-state index contributed by atoms with van der Waals surface area (Å²) in [7, 11) is 0. The lowest BCUT2D eigenvalue weighted by Gasteiger charge is -2.04. The predicted molar refractivity (Wildman–Crippen MR) is 101 cm³/mol. The van der Waals surface area contributed by atoms with Crippen molar-refractivity contribution in [3.63, 3.8) is 0 Å². The van der Waals surface area contributed by atoms with Crippen LogP contribution >= 0.6 is 11.3 Å². The van der Waals surface area contributed by atoms with Gasteiger partial charge in [-0.25, -0.2) is 15.6 Å². The molecule has 2 heterocycles. The Morgan fingerprint density at radius 1 is 1.30 bits per heavy atom. The molecule has 140 valence electrons. The highest BCUT2D eigenvalue weighted by Gasteiger charge is 2.21. The lowest BCUT2D eigenvalue weighted by molar-refractivity contribution is -0.121. The van der Waals surface area contributed by atoms with E-state index in [-0.39, 0.29) is 13.2 Å².